The highest BCUT2D eigenvalue weighted by Crippen LogP contribution is 2.43. The van der Waals surface area contributed by atoms with Crippen LogP contribution in [-0.4, -0.2) is 25.9 Å². The first kappa shape index (κ1) is 15.0. The summed E-state index contributed by atoms with van der Waals surface area (Å²) in [5.74, 6) is -0.773. The maximum absolute atomic E-state index is 12.3. The quantitative estimate of drug-likeness (QED) is 0.488. The van der Waals surface area contributed by atoms with Crippen LogP contribution in [0.1, 0.15) is 12.5 Å². The van der Waals surface area contributed by atoms with Crippen molar-refractivity contribution < 1.29 is 22.7 Å². The lowest BCUT2D eigenvalue weighted by molar-refractivity contribution is -0.274. The zero-order valence-electron chi connectivity index (χ0n) is 11.2. The predicted molar refractivity (Wildman–Crippen MR) is 67.9 cm³/mol. The molecule has 112 valence electrons. The number of amides is 1. The fourth-order valence-corrected chi connectivity index (χ4v) is 2.37. The standard InChI is InChI=1S/C12H11F3N4O2/c1-11(6-17-18-16)8-5-7(21-12(13,14)15)3-4-9(8)19(2)10(11)20/h3-5H,6H2,1-2H3. The number of likely N-dealkylation sites (N-methyl/N-ethyl adjacent to an activating group) is 1. The number of carbonyl (C=O) groups is 1. The van der Waals surface area contributed by atoms with E-state index in [1.54, 1.807) is 0 Å². The third kappa shape index (κ3) is 2.59. The Morgan fingerprint density at radius 1 is 1.48 bits per heavy atom. The number of ether oxygens (including phenoxy) is 1. The highest BCUT2D eigenvalue weighted by molar-refractivity contribution is 6.07. The van der Waals surface area contributed by atoms with Gasteiger partial charge in [-0.15, -0.1) is 13.2 Å². The Morgan fingerprint density at radius 3 is 2.71 bits per heavy atom. The SMILES string of the molecule is CN1C(=O)C(C)(CN=[N+]=[N-])c2cc(OC(F)(F)F)ccc21. The van der Waals surface area contributed by atoms with Gasteiger partial charge in [-0.1, -0.05) is 5.11 Å². The zero-order chi connectivity index (χ0) is 15.8. The van der Waals surface area contributed by atoms with E-state index in [-0.39, 0.29) is 12.5 Å². The lowest BCUT2D eigenvalue weighted by atomic mass is 9.84. The summed E-state index contributed by atoms with van der Waals surface area (Å²) in [6.07, 6.45) is -4.82. The predicted octanol–water partition coefficient (Wildman–Crippen LogP) is 3.13. The van der Waals surface area contributed by atoms with Crippen molar-refractivity contribution in [2.24, 2.45) is 5.11 Å². The summed E-state index contributed by atoms with van der Waals surface area (Å²) < 4.78 is 40.7. The van der Waals surface area contributed by atoms with Crippen molar-refractivity contribution in [1.82, 2.24) is 0 Å². The Bertz CT molecular complexity index is 640. The van der Waals surface area contributed by atoms with Gasteiger partial charge in [-0.25, -0.2) is 0 Å². The van der Waals surface area contributed by atoms with E-state index < -0.39 is 17.5 Å². The van der Waals surface area contributed by atoms with E-state index in [0.29, 0.717) is 11.3 Å². The van der Waals surface area contributed by atoms with Crippen molar-refractivity contribution in [3.8, 4) is 5.75 Å². The smallest absolute Gasteiger partial charge is 0.406 e. The third-order valence-electron chi connectivity index (χ3n) is 3.38. The number of rotatable bonds is 3. The van der Waals surface area contributed by atoms with Crippen LogP contribution in [0.2, 0.25) is 0 Å². The normalized spacial score (nSPS) is 21.0. The molecule has 1 unspecified atom stereocenters. The first-order chi connectivity index (χ1) is 9.69. The second kappa shape index (κ2) is 4.85. The van der Waals surface area contributed by atoms with Gasteiger partial charge in [0.2, 0.25) is 5.91 Å². The van der Waals surface area contributed by atoms with E-state index in [2.05, 4.69) is 14.8 Å². The van der Waals surface area contributed by atoms with Gasteiger partial charge in [-0.2, -0.15) is 0 Å². The van der Waals surface area contributed by atoms with Gasteiger partial charge >= 0.3 is 6.36 Å². The first-order valence-corrected chi connectivity index (χ1v) is 5.88. The Labute approximate surface area is 117 Å². The van der Waals surface area contributed by atoms with E-state index in [9.17, 15) is 18.0 Å². The molecule has 0 fully saturated rings. The summed E-state index contributed by atoms with van der Waals surface area (Å²) >= 11 is 0. The van der Waals surface area contributed by atoms with Crippen LogP contribution < -0.4 is 9.64 Å². The minimum Gasteiger partial charge on any atom is -0.406 e. The Balaban J connectivity index is 2.50. The van der Waals surface area contributed by atoms with E-state index >= 15 is 0 Å². The van der Waals surface area contributed by atoms with Crippen molar-refractivity contribution in [3.63, 3.8) is 0 Å². The van der Waals surface area contributed by atoms with Crippen LogP contribution in [0.15, 0.2) is 23.3 Å². The van der Waals surface area contributed by atoms with E-state index in [4.69, 9.17) is 5.53 Å². The Kier molecular flexibility index (Phi) is 3.46. The molecule has 9 heteroatoms. The molecule has 1 aromatic rings. The van der Waals surface area contributed by atoms with Crippen LogP contribution in [-0.2, 0) is 10.2 Å². The fraction of sp³-hybridized carbons (Fsp3) is 0.417. The highest BCUT2D eigenvalue weighted by Gasteiger charge is 2.46. The molecule has 0 N–H and O–H groups in total. The Hall–Kier alpha value is -2.41. The molecule has 1 aliphatic heterocycles. The lowest BCUT2D eigenvalue weighted by Crippen LogP contribution is -2.38. The molecule has 21 heavy (non-hydrogen) atoms. The number of carbonyl (C=O) groups excluding carboxylic acids is 1. The summed E-state index contributed by atoms with van der Waals surface area (Å²) in [4.78, 5) is 16.2. The number of azide groups is 1. The molecule has 1 atom stereocenters. The van der Waals surface area contributed by atoms with Gasteiger partial charge < -0.3 is 9.64 Å². The topological polar surface area (TPSA) is 78.3 Å². The number of nitrogens with zero attached hydrogens (tertiary/aromatic N) is 4. The summed E-state index contributed by atoms with van der Waals surface area (Å²) in [6, 6.07) is 3.65. The van der Waals surface area contributed by atoms with Crippen LogP contribution in [0.4, 0.5) is 18.9 Å². The molecule has 0 radical (unpaired) electrons. The maximum atomic E-state index is 12.3. The second-order valence-electron chi connectivity index (χ2n) is 4.81. The number of anilines is 1. The number of benzene rings is 1. The molecule has 6 nitrogen and oxygen atoms in total. The van der Waals surface area contributed by atoms with Crippen LogP contribution in [0.25, 0.3) is 10.4 Å². The summed E-state index contributed by atoms with van der Waals surface area (Å²) in [6.45, 7) is 1.33. The summed E-state index contributed by atoms with van der Waals surface area (Å²) in [7, 11) is 1.51. The van der Waals surface area contributed by atoms with Crippen molar-refractivity contribution in [3.05, 3.63) is 34.2 Å². The molecular formula is C12H11F3N4O2. The molecule has 0 bridgehead atoms. The second-order valence-corrected chi connectivity index (χ2v) is 4.81. The lowest BCUT2D eigenvalue weighted by Gasteiger charge is -2.20. The molecule has 0 spiro atoms. The van der Waals surface area contributed by atoms with E-state index in [1.165, 1.54) is 24.9 Å². The van der Waals surface area contributed by atoms with Gasteiger partial charge in [0.25, 0.3) is 0 Å². The van der Waals surface area contributed by atoms with E-state index in [0.717, 1.165) is 12.1 Å². The van der Waals surface area contributed by atoms with E-state index in [1.807, 2.05) is 0 Å². The molecule has 0 aliphatic carbocycles. The van der Waals surface area contributed by atoms with Crippen molar-refractivity contribution in [2.45, 2.75) is 18.7 Å². The average Bonchev–Trinajstić information content (AvgIpc) is 2.58. The third-order valence-corrected chi connectivity index (χ3v) is 3.38. The number of hydrogen-bond donors (Lipinski definition) is 0. The molecule has 0 saturated carbocycles. The molecule has 1 amide bonds. The Morgan fingerprint density at radius 2 is 2.14 bits per heavy atom. The number of fused-ring (bicyclic) bond motifs is 1. The molecule has 2 rings (SSSR count). The monoisotopic (exact) mass is 300 g/mol. The van der Waals surface area contributed by atoms with Crippen molar-refractivity contribution in [2.75, 3.05) is 18.5 Å². The molecule has 0 saturated heterocycles. The van der Waals surface area contributed by atoms with Crippen molar-refractivity contribution >= 4 is 11.6 Å². The summed E-state index contributed by atoms with van der Waals surface area (Å²) in [5, 5.41) is 3.38. The van der Waals surface area contributed by atoms with Gasteiger partial charge in [0.05, 0.1) is 5.41 Å². The highest BCUT2D eigenvalue weighted by atomic mass is 19.4. The molecule has 1 aromatic carbocycles. The van der Waals surface area contributed by atoms with Crippen LogP contribution >= 0.6 is 0 Å². The molecule has 0 aromatic heterocycles. The van der Waals surface area contributed by atoms with Crippen LogP contribution in [0, 0.1) is 0 Å². The van der Waals surface area contributed by atoms with Gasteiger partial charge in [-0.05, 0) is 36.2 Å². The molecule has 1 heterocycles. The van der Waals surface area contributed by atoms with Gasteiger partial charge in [0.15, 0.2) is 0 Å². The molecule has 1 aliphatic rings. The zero-order valence-corrected chi connectivity index (χ0v) is 11.2. The first-order valence-electron chi connectivity index (χ1n) is 5.88. The fourth-order valence-electron chi connectivity index (χ4n) is 2.37. The van der Waals surface area contributed by atoms with Gasteiger partial charge in [0.1, 0.15) is 5.75 Å². The number of hydrogen-bond acceptors (Lipinski definition) is 3. The van der Waals surface area contributed by atoms with Crippen LogP contribution in [0.5, 0.6) is 5.75 Å². The van der Waals surface area contributed by atoms with Gasteiger partial charge in [0, 0.05) is 24.2 Å². The van der Waals surface area contributed by atoms with Crippen LogP contribution in [0.3, 0.4) is 0 Å². The molecular weight excluding hydrogens is 289 g/mol. The summed E-state index contributed by atoms with van der Waals surface area (Å²) in [5.41, 5.74) is 8.00. The van der Waals surface area contributed by atoms with Crippen molar-refractivity contribution in [1.29, 1.82) is 0 Å². The number of alkyl halides is 3. The minimum atomic E-state index is -4.82. The minimum absolute atomic E-state index is 0.185. The maximum Gasteiger partial charge on any atom is 0.573 e. The average molecular weight is 300 g/mol. The largest absolute Gasteiger partial charge is 0.573 e. The van der Waals surface area contributed by atoms with Gasteiger partial charge in [-0.3, -0.25) is 4.79 Å². The number of halogens is 3.